The molecule has 0 saturated heterocycles. The third kappa shape index (κ3) is 4.15. The van der Waals surface area contributed by atoms with Gasteiger partial charge >= 0.3 is 0 Å². The average molecular weight is 298 g/mol. The second kappa shape index (κ2) is 5.67. The standard InChI is InChI=1S/C14H20BrNO/c1-10(2)11-5-7-12(8-6-11)14(3,4)9-16-13(15)17/h5-8,10H,9H2,1-4H3,(H,16,17). The zero-order valence-corrected chi connectivity index (χ0v) is 12.5. The molecular formula is C14H20BrNO. The van der Waals surface area contributed by atoms with Crippen LogP contribution < -0.4 is 5.32 Å². The van der Waals surface area contributed by atoms with Crippen molar-refractivity contribution in [1.29, 1.82) is 0 Å². The second-order valence-electron chi connectivity index (χ2n) is 5.29. The SMILES string of the molecule is CC(C)c1ccc(C(C)(C)CNC(=O)Br)cc1. The van der Waals surface area contributed by atoms with Crippen LogP contribution in [0.3, 0.4) is 0 Å². The van der Waals surface area contributed by atoms with Crippen LogP contribution >= 0.6 is 15.9 Å². The third-order valence-electron chi connectivity index (χ3n) is 3.03. The van der Waals surface area contributed by atoms with Crippen molar-refractivity contribution in [2.75, 3.05) is 6.54 Å². The van der Waals surface area contributed by atoms with Gasteiger partial charge < -0.3 is 5.32 Å². The largest absolute Gasteiger partial charge is 0.346 e. The van der Waals surface area contributed by atoms with Crippen molar-refractivity contribution >= 4 is 20.7 Å². The summed E-state index contributed by atoms with van der Waals surface area (Å²) in [6.45, 7) is 9.25. The molecule has 94 valence electrons. The number of benzene rings is 1. The van der Waals surface area contributed by atoms with Crippen molar-refractivity contribution < 1.29 is 4.79 Å². The van der Waals surface area contributed by atoms with Crippen molar-refractivity contribution in [3.63, 3.8) is 0 Å². The lowest BCUT2D eigenvalue weighted by Gasteiger charge is -2.25. The second-order valence-corrected chi connectivity index (χ2v) is 6.01. The van der Waals surface area contributed by atoms with Crippen LogP contribution in [0.1, 0.15) is 44.7 Å². The molecule has 0 aliphatic carbocycles. The van der Waals surface area contributed by atoms with Crippen LogP contribution in [-0.2, 0) is 5.41 Å². The first-order chi connectivity index (χ1) is 7.83. The summed E-state index contributed by atoms with van der Waals surface area (Å²) in [5.41, 5.74) is 2.52. The molecule has 0 fully saturated rings. The van der Waals surface area contributed by atoms with Crippen molar-refractivity contribution in [2.24, 2.45) is 0 Å². The van der Waals surface area contributed by atoms with Gasteiger partial charge in [0.2, 0.25) is 0 Å². The molecule has 1 amide bonds. The molecule has 0 aliphatic rings. The lowest BCUT2D eigenvalue weighted by atomic mass is 9.83. The molecule has 17 heavy (non-hydrogen) atoms. The summed E-state index contributed by atoms with van der Waals surface area (Å²) in [5.74, 6) is 0.550. The van der Waals surface area contributed by atoms with E-state index in [1.807, 2.05) is 0 Å². The smallest absolute Gasteiger partial charge is 0.287 e. The van der Waals surface area contributed by atoms with E-state index in [-0.39, 0.29) is 10.2 Å². The van der Waals surface area contributed by atoms with Crippen LogP contribution in [-0.4, -0.2) is 11.4 Å². The van der Waals surface area contributed by atoms with E-state index >= 15 is 0 Å². The molecule has 1 aromatic carbocycles. The van der Waals surface area contributed by atoms with Gasteiger partial charge in [0.15, 0.2) is 0 Å². The van der Waals surface area contributed by atoms with Gasteiger partial charge in [0, 0.05) is 27.9 Å². The van der Waals surface area contributed by atoms with Gasteiger partial charge in [0.25, 0.3) is 4.82 Å². The minimum Gasteiger partial charge on any atom is -0.346 e. The first kappa shape index (κ1) is 14.2. The Morgan fingerprint density at radius 2 is 1.82 bits per heavy atom. The molecule has 1 rings (SSSR count). The molecule has 0 spiro atoms. The molecule has 0 saturated carbocycles. The van der Waals surface area contributed by atoms with Gasteiger partial charge in [-0.1, -0.05) is 52.0 Å². The van der Waals surface area contributed by atoms with Gasteiger partial charge in [0.05, 0.1) is 0 Å². The van der Waals surface area contributed by atoms with Crippen LogP contribution in [0.2, 0.25) is 0 Å². The summed E-state index contributed by atoms with van der Waals surface area (Å²) in [5, 5.41) is 2.80. The molecule has 1 N–H and O–H groups in total. The van der Waals surface area contributed by atoms with E-state index < -0.39 is 0 Å². The lowest BCUT2D eigenvalue weighted by Crippen LogP contribution is -2.34. The van der Waals surface area contributed by atoms with E-state index in [1.165, 1.54) is 11.1 Å². The van der Waals surface area contributed by atoms with Gasteiger partial charge in [-0.15, -0.1) is 0 Å². The molecule has 0 heterocycles. The quantitative estimate of drug-likeness (QED) is 0.655. The summed E-state index contributed by atoms with van der Waals surface area (Å²) in [6.07, 6.45) is 0. The Kier molecular flexibility index (Phi) is 4.75. The van der Waals surface area contributed by atoms with Crippen LogP contribution in [0.15, 0.2) is 24.3 Å². The maximum atomic E-state index is 10.9. The molecule has 0 atom stereocenters. The van der Waals surface area contributed by atoms with E-state index in [2.05, 4.69) is 73.2 Å². The highest BCUT2D eigenvalue weighted by molar-refractivity contribution is 9.18. The summed E-state index contributed by atoms with van der Waals surface area (Å²) in [7, 11) is 0. The first-order valence-electron chi connectivity index (χ1n) is 5.86. The zero-order valence-electron chi connectivity index (χ0n) is 10.9. The minimum atomic E-state index is -0.163. The van der Waals surface area contributed by atoms with Gasteiger partial charge in [-0.2, -0.15) is 0 Å². The van der Waals surface area contributed by atoms with Crippen LogP contribution in [0.25, 0.3) is 0 Å². The molecular weight excluding hydrogens is 278 g/mol. The molecule has 0 aliphatic heterocycles. The number of carbonyl (C=O) groups is 1. The third-order valence-corrected chi connectivity index (χ3v) is 3.31. The molecule has 0 bridgehead atoms. The van der Waals surface area contributed by atoms with Crippen molar-refractivity contribution in [3.05, 3.63) is 35.4 Å². The maximum Gasteiger partial charge on any atom is 0.287 e. The van der Waals surface area contributed by atoms with E-state index in [4.69, 9.17) is 0 Å². The van der Waals surface area contributed by atoms with E-state index in [0.717, 1.165) is 0 Å². The minimum absolute atomic E-state index is 0.0566. The summed E-state index contributed by atoms with van der Waals surface area (Å²) in [4.78, 5) is 10.7. The number of carbonyl (C=O) groups excluding carboxylic acids is 1. The van der Waals surface area contributed by atoms with Crippen LogP contribution in [0.4, 0.5) is 4.79 Å². The van der Waals surface area contributed by atoms with Crippen LogP contribution in [0, 0.1) is 0 Å². The average Bonchev–Trinajstić information content (AvgIpc) is 2.27. The summed E-state index contributed by atoms with van der Waals surface area (Å²) in [6, 6.07) is 8.63. The highest BCUT2D eigenvalue weighted by Crippen LogP contribution is 2.24. The number of rotatable bonds is 4. The molecule has 0 radical (unpaired) electrons. The Morgan fingerprint density at radius 3 is 2.24 bits per heavy atom. The number of hydrogen-bond donors (Lipinski definition) is 1. The normalized spacial score (nSPS) is 11.6. The highest BCUT2D eigenvalue weighted by Gasteiger charge is 2.20. The van der Waals surface area contributed by atoms with Gasteiger partial charge in [-0.05, 0) is 17.0 Å². The summed E-state index contributed by atoms with van der Waals surface area (Å²) < 4.78 is 0. The Balaban J connectivity index is 2.80. The Bertz CT molecular complexity index is 382. The van der Waals surface area contributed by atoms with Gasteiger partial charge in [-0.25, -0.2) is 0 Å². The number of nitrogens with one attached hydrogen (secondary N) is 1. The monoisotopic (exact) mass is 297 g/mol. The predicted molar refractivity (Wildman–Crippen MR) is 75.9 cm³/mol. The Labute approximate surface area is 112 Å². The zero-order chi connectivity index (χ0) is 13.1. The van der Waals surface area contributed by atoms with Gasteiger partial charge in [0.1, 0.15) is 0 Å². The van der Waals surface area contributed by atoms with Crippen molar-refractivity contribution in [2.45, 2.75) is 39.0 Å². The fraction of sp³-hybridized carbons (Fsp3) is 0.500. The Hall–Kier alpha value is -0.830. The van der Waals surface area contributed by atoms with Crippen molar-refractivity contribution in [1.82, 2.24) is 5.32 Å². The van der Waals surface area contributed by atoms with Crippen molar-refractivity contribution in [3.8, 4) is 0 Å². The lowest BCUT2D eigenvalue weighted by molar-refractivity contribution is 0.259. The van der Waals surface area contributed by atoms with E-state index in [1.54, 1.807) is 0 Å². The number of amides is 1. The topological polar surface area (TPSA) is 29.1 Å². The van der Waals surface area contributed by atoms with E-state index in [0.29, 0.717) is 12.5 Å². The fourth-order valence-corrected chi connectivity index (χ4v) is 1.85. The van der Waals surface area contributed by atoms with Crippen LogP contribution in [0.5, 0.6) is 0 Å². The molecule has 0 aromatic heterocycles. The number of hydrogen-bond acceptors (Lipinski definition) is 1. The fourth-order valence-electron chi connectivity index (χ4n) is 1.71. The molecule has 2 nitrogen and oxygen atoms in total. The Morgan fingerprint density at radius 1 is 1.29 bits per heavy atom. The molecule has 1 aromatic rings. The predicted octanol–water partition coefficient (Wildman–Crippen LogP) is 4.19. The molecule has 0 unspecified atom stereocenters. The van der Waals surface area contributed by atoms with E-state index in [9.17, 15) is 4.79 Å². The highest BCUT2D eigenvalue weighted by atomic mass is 79.9. The maximum absolute atomic E-state index is 10.9. The summed E-state index contributed by atoms with van der Waals surface area (Å²) >= 11 is 2.88. The number of halogens is 1. The van der Waals surface area contributed by atoms with Gasteiger partial charge in [-0.3, -0.25) is 4.79 Å². The molecule has 3 heteroatoms. The first-order valence-corrected chi connectivity index (χ1v) is 6.66.